The molecule has 0 radical (unpaired) electrons. The Labute approximate surface area is 127 Å². The van der Waals surface area contributed by atoms with Crippen LogP contribution in [-0.4, -0.2) is 33.5 Å². The van der Waals surface area contributed by atoms with Crippen LogP contribution in [0.5, 0.6) is 11.5 Å². The SMILES string of the molecule is CCCNC(c1cc(OC)cc(OC)c1)C1CCCCO1. The van der Waals surface area contributed by atoms with Crippen LogP contribution in [0.4, 0.5) is 0 Å². The fourth-order valence-electron chi connectivity index (χ4n) is 2.80. The quantitative estimate of drug-likeness (QED) is 0.837. The topological polar surface area (TPSA) is 39.7 Å². The Hall–Kier alpha value is -1.26. The predicted octanol–water partition coefficient (Wildman–Crippen LogP) is 3.31. The van der Waals surface area contributed by atoms with Gasteiger partial charge in [-0.2, -0.15) is 0 Å². The lowest BCUT2D eigenvalue weighted by Crippen LogP contribution is -2.36. The van der Waals surface area contributed by atoms with Crippen LogP contribution in [0.1, 0.15) is 44.2 Å². The number of rotatable bonds is 7. The summed E-state index contributed by atoms with van der Waals surface area (Å²) in [5, 5.41) is 3.62. The van der Waals surface area contributed by atoms with E-state index in [9.17, 15) is 0 Å². The predicted molar refractivity (Wildman–Crippen MR) is 84.2 cm³/mol. The van der Waals surface area contributed by atoms with Crippen LogP contribution in [-0.2, 0) is 4.74 Å². The van der Waals surface area contributed by atoms with Gasteiger partial charge in [0.1, 0.15) is 11.5 Å². The Bertz CT molecular complexity index is 408. The minimum Gasteiger partial charge on any atom is -0.497 e. The Morgan fingerprint density at radius 1 is 1.19 bits per heavy atom. The third-order valence-corrected chi connectivity index (χ3v) is 3.93. The zero-order valence-electron chi connectivity index (χ0n) is 13.4. The molecule has 21 heavy (non-hydrogen) atoms. The zero-order chi connectivity index (χ0) is 15.1. The van der Waals surface area contributed by atoms with Crippen LogP contribution in [0.3, 0.4) is 0 Å². The van der Waals surface area contributed by atoms with Crippen LogP contribution in [0.15, 0.2) is 18.2 Å². The second-order valence-corrected chi connectivity index (χ2v) is 5.48. The Morgan fingerprint density at radius 2 is 1.90 bits per heavy atom. The first-order valence-corrected chi connectivity index (χ1v) is 7.86. The average Bonchev–Trinajstić information content (AvgIpc) is 2.55. The highest BCUT2D eigenvalue weighted by Gasteiger charge is 2.26. The van der Waals surface area contributed by atoms with E-state index in [0.29, 0.717) is 0 Å². The molecule has 0 saturated carbocycles. The summed E-state index contributed by atoms with van der Waals surface area (Å²) in [6, 6.07) is 6.25. The first kappa shape index (κ1) is 16.1. The van der Waals surface area contributed by atoms with Crippen molar-refractivity contribution in [3.63, 3.8) is 0 Å². The van der Waals surface area contributed by atoms with Gasteiger partial charge in [-0.3, -0.25) is 0 Å². The molecule has 1 aromatic carbocycles. The molecule has 0 bridgehead atoms. The molecule has 1 aliphatic rings. The fourth-order valence-corrected chi connectivity index (χ4v) is 2.80. The molecule has 4 heteroatoms. The summed E-state index contributed by atoms with van der Waals surface area (Å²) in [6.45, 7) is 4.01. The van der Waals surface area contributed by atoms with Gasteiger partial charge in [-0.15, -0.1) is 0 Å². The third-order valence-electron chi connectivity index (χ3n) is 3.93. The lowest BCUT2D eigenvalue weighted by molar-refractivity contribution is -0.00821. The molecule has 118 valence electrons. The van der Waals surface area contributed by atoms with E-state index in [1.165, 1.54) is 18.4 Å². The van der Waals surface area contributed by atoms with Gasteiger partial charge in [0, 0.05) is 12.7 Å². The van der Waals surface area contributed by atoms with Crippen LogP contribution in [0, 0.1) is 0 Å². The van der Waals surface area contributed by atoms with E-state index < -0.39 is 0 Å². The normalized spacial score (nSPS) is 20.0. The molecule has 0 spiro atoms. The molecule has 1 aliphatic heterocycles. The Morgan fingerprint density at radius 3 is 2.43 bits per heavy atom. The minimum atomic E-state index is 0.189. The number of hydrogen-bond donors (Lipinski definition) is 1. The van der Waals surface area contributed by atoms with Crippen LogP contribution in [0.2, 0.25) is 0 Å². The summed E-state index contributed by atoms with van der Waals surface area (Å²) in [5.74, 6) is 1.65. The van der Waals surface area contributed by atoms with Crippen molar-refractivity contribution < 1.29 is 14.2 Å². The van der Waals surface area contributed by atoms with E-state index in [2.05, 4.69) is 24.4 Å². The summed E-state index contributed by atoms with van der Waals surface area (Å²) in [7, 11) is 3.37. The lowest BCUT2D eigenvalue weighted by atomic mass is 9.95. The number of benzene rings is 1. The van der Waals surface area contributed by atoms with Gasteiger partial charge in [-0.1, -0.05) is 6.92 Å². The fraction of sp³-hybridized carbons (Fsp3) is 0.647. The molecular weight excluding hydrogens is 266 g/mol. The Kier molecular flexibility index (Phi) is 6.33. The molecule has 1 heterocycles. The molecule has 1 aromatic rings. The third kappa shape index (κ3) is 4.35. The van der Waals surface area contributed by atoms with Gasteiger partial charge in [0.05, 0.1) is 26.4 Å². The molecule has 0 amide bonds. The number of nitrogens with one attached hydrogen (secondary N) is 1. The van der Waals surface area contributed by atoms with E-state index in [0.717, 1.165) is 37.5 Å². The maximum absolute atomic E-state index is 5.99. The maximum atomic E-state index is 5.99. The van der Waals surface area contributed by atoms with Gasteiger partial charge in [-0.05, 0) is 49.9 Å². The van der Waals surface area contributed by atoms with Gasteiger partial charge in [0.25, 0.3) is 0 Å². The summed E-state index contributed by atoms with van der Waals surface area (Å²) in [4.78, 5) is 0. The highest BCUT2D eigenvalue weighted by Crippen LogP contribution is 2.31. The summed E-state index contributed by atoms with van der Waals surface area (Å²) in [5.41, 5.74) is 1.17. The van der Waals surface area contributed by atoms with Crippen molar-refractivity contribution in [2.45, 2.75) is 44.8 Å². The highest BCUT2D eigenvalue weighted by molar-refractivity contribution is 5.40. The molecule has 2 unspecified atom stereocenters. The van der Waals surface area contributed by atoms with E-state index in [1.807, 2.05) is 6.07 Å². The van der Waals surface area contributed by atoms with Gasteiger partial charge >= 0.3 is 0 Å². The smallest absolute Gasteiger partial charge is 0.122 e. The number of methoxy groups -OCH3 is 2. The molecule has 2 atom stereocenters. The largest absolute Gasteiger partial charge is 0.497 e. The van der Waals surface area contributed by atoms with Crippen molar-refractivity contribution in [3.05, 3.63) is 23.8 Å². The zero-order valence-corrected chi connectivity index (χ0v) is 13.4. The second kappa shape index (κ2) is 8.25. The number of ether oxygens (including phenoxy) is 3. The van der Waals surface area contributed by atoms with E-state index in [1.54, 1.807) is 14.2 Å². The standard InChI is InChI=1S/C17H27NO3/c1-4-8-18-17(16-7-5-6-9-21-16)13-10-14(19-2)12-15(11-13)20-3/h10-12,16-18H,4-9H2,1-3H3. The summed E-state index contributed by atoms with van der Waals surface area (Å²) < 4.78 is 16.8. The molecule has 4 nitrogen and oxygen atoms in total. The van der Waals surface area contributed by atoms with Crippen LogP contribution < -0.4 is 14.8 Å². The molecular formula is C17H27NO3. The molecule has 1 N–H and O–H groups in total. The Balaban J connectivity index is 2.25. The number of hydrogen-bond acceptors (Lipinski definition) is 4. The summed E-state index contributed by atoms with van der Waals surface area (Å²) in [6.07, 6.45) is 4.82. The molecule has 2 rings (SSSR count). The second-order valence-electron chi connectivity index (χ2n) is 5.48. The first-order valence-electron chi connectivity index (χ1n) is 7.86. The lowest BCUT2D eigenvalue weighted by Gasteiger charge is -2.32. The van der Waals surface area contributed by atoms with E-state index in [-0.39, 0.29) is 12.1 Å². The van der Waals surface area contributed by atoms with Crippen molar-refractivity contribution in [1.82, 2.24) is 5.32 Å². The van der Waals surface area contributed by atoms with Crippen molar-refractivity contribution in [1.29, 1.82) is 0 Å². The van der Waals surface area contributed by atoms with Gasteiger partial charge in [0.15, 0.2) is 0 Å². The molecule has 0 aromatic heterocycles. The van der Waals surface area contributed by atoms with E-state index in [4.69, 9.17) is 14.2 Å². The van der Waals surface area contributed by atoms with E-state index >= 15 is 0 Å². The average molecular weight is 293 g/mol. The van der Waals surface area contributed by atoms with Crippen molar-refractivity contribution in [2.75, 3.05) is 27.4 Å². The van der Waals surface area contributed by atoms with Crippen molar-refractivity contribution >= 4 is 0 Å². The first-order chi connectivity index (χ1) is 10.3. The van der Waals surface area contributed by atoms with Crippen molar-refractivity contribution in [3.8, 4) is 11.5 Å². The highest BCUT2D eigenvalue weighted by atomic mass is 16.5. The monoisotopic (exact) mass is 293 g/mol. The van der Waals surface area contributed by atoms with Crippen LogP contribution in [0.25, 0.3) is 0 Å². The molecule has 1 fully saturated rings. The maximum Gasteiger partial charge on any atom is 0.122 e. The minimum absolute atomic E-state index is 0.189. The van der Waals surface area contributed by atoms with Crippen LogP contribution >= 0.6 is 0 Å². The van der Waals surface area contributed by atoms with Gasteiger partial charge in [0.2, 0.25) is 0 Å². The van der Waals surface area contributed by atoms with Gasteiger partial charge in [-0.25, -0.2) is 0 Å². The molecule has 0 aliphatic carbocycles. The molecule has 1 saturated heterocycles. The van der Waals surface area contributed by atoms with Gasteiger partial charge < -0.3 is 19.5 Å². The van der Waals surface area contributed by atoms with Crippen molar-refractivity contribution in [2.24, 2.45) is 0 Å². The summed E-state index contributed by atoms with van der Waals surface area (Å²) >= 11 is 0.